The molecule has 1 aliphatic heterocycles. The first kappa shape index (κ1) is 25.9. The van der Waals surface area contributed by atoms with Crippen LogP contribution in [0.1, 0.15) is 34.6 Å². The Morgan fingerprint density at radius 3 is 2.53 bits per heavy atom. The van der Waals surface area contributed by atoms with E-state index < -0.39 is 17.6 Å². The van der Waals surface area contributed by atoms with Gasteiger partial charge in [0.15, 0.2) is 0 Å². The fraction of sp³-hybridized carbons (Fsp3) is 0.259. The molecular weight excluding hydrogens is 504 g/mol. The van der Waals surface area contributed by atoms with E-state index in [0.717, 1.165) is 11.3 Å². The Kier molecular flexibility index (Phi) is 7.54. The highest BCUT2D eigenvalue weighted by Gasteiger charge is 2.29. The number of primary amides is 1. The number of benzene rings is 3. The molecule has 188 valence electrons. The van der Waals surface area contributed by atoms with Crippen LogP contribution in [-0.4, -0.2) is 44.2 Å². The third-order valence-electron chi connectivity index (χ3n) is 6.30. The summed E-state index contributed by atoms with van der Waals surface area (Å²) in [7, 11) is 1.58. The Morgan fingerprint density at radius 2 is 1.83 bits per heavy atom. The van der Waals surface area contributed by atoms with Crippen LogP contribution in [0.5, 0.6) is 0 Å². The van der Waals surface area contributed by atoms with E-state index in [2.05, 4.69) is 4.90 Å². The van der Waals surface area contributed by atoms with Crippen LogP contribution in [0.25, 0.3) is 11.1 Å². The molecule has 1 fully saturated rings. The predicted octanol–water partition coefficient (Wildman–Crippen LogP) is 5.79. The number of nitrogens with zero attached hydrogens (tertiary/aromatic N) is 2. The summed E-state index contributed by atoms with van der Waals surface area (Å²) in [6, 6.07) is 14.5. The molecule has 0 aliphatic carbocycles. The van der Waals surface area contributed by atoms with Gasteiger partial charge in [0.1, 0.15) is 5.82 Å². The molecule has 2 N–H and O–H groups in total. The maximum Gasteiger partial charge on any atom is 0.262 e. The minimum atomic E-state index is -0.694. The van der Waals surface area contributed by atoms with E-state index >= 15 is 0 Å². The van der Waals surface area contributed by atoms with Gasteiger partial charge in [-0.15, -0.1) is 0 Å². The van der Waals surface area contributed by atoms with E-state index in [9.17, 15) is 14.0 Å². The molecule has 0 spiro atoms. The zero-order valence-electron chi connectivity index (χ0n) is 20.1. The molecule has 36 heavy (non-hydrogen) atoms. The molecule has 0 bridgehead atoms. The molecule has 1 aliphatic rings. The van der Waals surface area contributed by atoms with Gasteiger partial charge in [-0.05, 0) is 61.9 Å². The average Bonchev–Trinajstić information content (AvgIpc) is 2.84. The number of nitrogens with two attached hydrogens (primary N) is 1. The van der Waals surface area contributed by atoms with Crippen LogP contribution in [0.4, 0.5) is 15.8 Å². The van der Waals surface area contributed by atoms with Crippen LogP contribution >= 0.6 is 23.2 Å². The maximum atomic E-state index is 14.6. The lowest BCUT2D eigenvalue weighted by atomic mass is 9.99. The van der Waals surface area contributed by atoms with Gasteiger partial charge >= 0.3 is 0 Å². The second kappa shape index (κ2) is 10.5. The van der Waals surface area contributed by atoms with Crippen LogP contribution in [0.2, 0.25) is 10.0 Å². The SMILES string of the molecule is C[C@H]1CN(c2cc(-c3cc(C(N)=O)ccc3Cl)ccc2N(C)C(=O)c2c(F)cccc2Cl)[C@@H](C)CO1. The zero-order valence-corrected chi connectivity index (χ0v) is 21.6. The molecule has 0 aromatic heterocycles. The smallest absolute Gasteiger partial charge is 0.262 e. The van der Waals surface area contributed by atoms with Crippen molar-refractivity contribution >= 4 is 46.4 Å². The monoisotopic (exact) mass is 529 g/mol. The van der Waals surface area contributed by atoms with Gasteiger partial charge in [0, 0.05) is 35.8 Å². The molecule has 0 saturated carbocycles. The average molecular weight is 530 g/mol. The van der Waals surface area contributed by atoms with E-state index in [1.807, 2.05) is 19.9 Å². The highest BCUT2D eigenvalue weighted by atomic mass is 35.5. The molecule has 6 nitrogen and oxygen atoms in total. The molecule has 2 atom stereocenters. The molecule has 9 heteroatoms. The lowest BCUT2D eigenvalue weighted by Gasteiger charge is -2.40. The summed E-state index contributed by atoms with van der Waals surface area (Å²) in [5.74, 6) is -1.83. The number of halogens is 3. The zero-order chi connectivity index (χ0) is 26.1. The summed E-state index contributed by atoms with van der Waals surface area (Å²) in [4.78, 5) is 28.7. The van der Waals surface area contributed by atoms with Crippen molar-refractivity contribution < 1.29 is 18.7 Å². The van der Waals surface area contributed by atoms with E-state index in [4.69, 9.17) is 33.7 Å². The van der Waals surface area contributed by atoms with Crippen LogP contribution < -0.4 is 15.5 Å². The molecule has 0 unspecified atom stereocenters. The van der Waals surface area contributed by atoms with E-state index in [1.165, 1.54) is 23.1 Å². The van der Waals surface area contributed by atoms with E-state index in [1.54, 1.807) is 37.4 Å². The molecule has 4 rings (SSSR count). The van der Waals surface area contributed by atoms with Crippen molar-refractivity contribution in [2.75, 3.05) is 30.0 Å². The number of anilines is 2. The number of morpholine rings is 1. The van der Waals surface area contributed by atoms with Gasteiger partial charge in [-0.2, -0.15) is 0 Å². The highest BCUT2D eigenvalue weighted by molar-refractivity contribution is 6.35. The first-order valence-electron chi connectivity index (χ1n) is 11.4. The molecule has 2 amide bonds. The number of hydrogen-bond donors (Lipinski definition) is 1. The number of carbonyl (C=O) groups is 2. The summed E-state index contributed by atoms with van der Waals surface area (Å²) in [5, 5.41) is 0.484. The summed E-state index contributed by atoms with van der Waals surface area (Å²) in [6.07, 6.45) is -0.0403. The number of carbonyl (C=O) groups excluding carboxylic acids is 2. The first-order valence-corrected chi connectivity index (χ1v) is 12.2. The van der Waals surface area contributed by atoms with Gasteiger partial charge in [0.25, 0.3) is 5.91 Å². The Balaban J connectivity index is 1.86. The van der Waals surface area contributed by atoms with Crippen molar-refractivity contribution in [3.8, 4) is 11.1 Å². The van der Waals surface area contributed by atoms with Crippen molar-refractivity contribution in [1.29, 1.82) is 0 Å². The van der Waals surface area contributed by atoms with Gasteiger partial charge in [-0.1, -0.05) is 35.3 Å². The van der Waals surface area contributed by atoms with Gasteiger partial charge in [-0.25, -0.2) is 4.39 Å². The normalized spacial score (nSPS) is 17.7. The predicted molar refractivity (Wildman–Crippen MR) is 142 cm³/mol. The Hall–Kier alpha value is -3.13. The Bertz CT molecular complexity index is 1310. The fourth-order valence-corrected chi connectivity index (χ4v) is 4.79. The largest absolute Gasteiger partial charge is 0.375 e. The summed E-state index contributed by atoms with van der Waals surface area (Å²) in [5.41, 5.74) is 8.27. The van der Waals surface area contributed by atoms with Crippen LogP contribution in [0, 0.1) is 5.82 Å². The molecular formula is C27H26Cl2FN3O3. The van der Waals surface area contributed by atoms with Crippen molar-refractivity contribution in [1.82, 2.24) is 0 Å². The third-order valence-corrected chi connectivity index (χ3v) is 6.94. The lowest BCUT2D eigenvalue weighted by molar-refractivity contribution is 0.0344. The molecule has 3 aromatic carbocycles. The van der Waals surface area contributed by atoms with Crippen LogP contribution in [-0.2, 0) is 4.74 Å². The highest BCUT2D eigenvalue weighted by Crippen LogP contribution is 2.39. The minimum Gasteiger partial charge on any atom is -0.375 e. The second-order valence-electron chi connectivity index (χ2n) is 8.87. The Morgan fingerprint density at radius 1 is 1.08 bits per heavy atom. The van der Waals surface area contributed by atoms with Crippen molar-refractivity contribution in [3.63, 3.8) is 0 Å². The van der Waals surface area contributed by atoms with Crippen LogP contribution in [0.15, 0.2) is 54.6 Å². The third kappa shape index (κ3) is 5.05. The molecule has 1 heterocycles. The second-order valence-corrected chi connectivity index (χ2v) is 9.68. The first-order chi connectivity index (χ1) is 17.1. The summed E-state index contributed by atoms with van der Waals surface area (Å²) in [6.45, 7) is 5.08. The van der Waals surface area contributed by atoms with Gasteiger partial charge in [0.2, 0.25) is 5.91 Å². The number of ether oxygens (including phenoxy) is 1. The van der Waals surface area contributed by atoms with Gasteiger partial charge < -0.3 is 20.3 Å². The summed E-state index contributed by atoms with van der Waals surface area (Å²) >= 11 is 12.7. The van der Waals surface area contributed by atoms with Crippen molar-refractivity contribution in [2.45, 2.75) is 26.0 Å². The van der Waals surface area contributed by atoms with Crippen molar-refractivity contribution in [3.05, 3.63) is 81.6 Å². The van der Waals surface area contributed by atoms with Crippen molar-refractivity contribution in [2.24, 2.45) is 5.73 Å². The lowest BCUT2D eigenvalue weighted by Crippen LogP contribution is -2.48. The number of rotatable bonds is 5. The van der Waals surface area contributed by atoms with E-state index in [-0.39, 0.29) is 22.7 Å². The van der Waals surface area contributed by atoms with Crippen LogP contribution in [0.3, 0.4) is 0 Å². The van der Waals surface area contributed by atoms with Gasteiger partial charge in [-0.3, -0.25) is 9.59 Å². The molecule has 0 radical (unpaired) electrons. The molecule has 3 aromatic rings. The van der Waals surface area contributed by atoms with Gasteiger partial charge in [0.05, 0.1) is 34.7 Å². The quantitative estimate of drug-likeness (QED) is 0.453. The minimum absolute atomic E-state index is 0.00294. The Labute approximate surface area is 219 Å². The fourth-order valence-electron chi connectivity index (χ4n) is 4.32. The standard InChI is InChI=1S/C27H26Cl2FN3O3/c1-15-14-36-16(2)13-33(15)24-12-17(19-11-18(26(31)34)7-9-20(19)28)8-10-23(24)32(3)27(35)25-21(29)5-4-6-22(25)30/h4-12,15-16H,13-14H2,1-3H3,(H2,31,34)/t15-,16-/m0/s1. The maximum absolute atomic E-state index is 14.6. The van der Waals surface area contributed by atoms with E-state index in [0.29, 0.717) is 35.0 Å². The molecule has 1 saturated heterocycles. The number of hydrogen-bond acceptors (Lipinski definition) is 4. The number of amides is 2. The topological polar surface area (TPSA) is 75.9 Å². The summed E-state index contributed by atoms with van der Waals surface area (Å²) < 4.78 is 20.4.